The highest BCUT2D eigenvalue weighted by Gasteiger charge is 2.22. The second kappa shape index (κ2) is 5.96. The molecule has 0 aliphatic carbocycles. The van der Waals surface area contributed by atoms with E-state index in [1.165, 1.54) is 0 Å². The first-order valence-electron chi connectivity index (χ1n) is 5.81. The van der Waals surface area contributed by atoms with E-state index in [9.17, 15) is 4.79 Å². The van der Waals surface area contributed by atoms with E-state index >= 15 is 0 Å². The maximum atomic E-state index is 11.7. The predicted octanol–water partition coefficient (Wildman–Crippen LogP) is 2.38. The van der Waals surface area contributed by atoms with E-state index in [1.54, 1.807) is 11.8 Å². The van der Waals surface area contributed by atoms with Gasteiger partial charge < -0.3 is 10.1 Å². The van der Waals surface area contributed by atoms with E-state index in [0.29, 0.717) is 13.0 Å². The first-order valence-corrected chi connectivity index (χ1v) is 7.20. The molecule has 0 saturated carbocycles. The summed E-state index contributed by atoms with van der Waals surface area (Å²) in [5.41, 5.74) is 1.09. The molecule has 3 nitrogen and oxygen atoms in total. The van der Waals surface area contributed by atoms with Crippen molar-refractivity contribution in [3.05, 3.63) is 29.8 Å². The lowest BCUT2D eigenvalue weighted by molar-refractivity contribution is -0.121. The lowest BCUT2D eigenvalue weighted by Gasteiger charge is -2.26. The van der Waals surface area contributed by atoms with Gasteiger partial charge in [-0.15, -0.1) is 0 Å². The maximum absolute atomic E-state index is 11.7. The highest BCUT2D eigenvalue weighted by atomic mass is 32.2. The van der Waals surface area contributed by atoms with Crippen LogP contribution in [0.2, 0.25) is 0 Å². The molecular formula is C13H17NO2S. The van der Waals surface area contributed by atoms with Crippen LogP contribution in [0.5, 0.6) is 5.75 Å². The lowest BCUT2D eigenvalue weighted by Crippen LogP contribution is -2.32. The fourth-order valence-electron chi connectivity index (χ4n) is 1.95. The van der Waals surface area contributed by atoms with Gasteiger partial charge in [0.2, 0.25) is 5.91 Å². The molecule has 0 spiro atoms. The van der Waals surface area contributed by atoms with E-state index in [-0.39, 0.29) is 11.9 Å². The molecule has 1 heterocycles. The van der Waals surface area contributed by atoms with Gasteiger partial charge >= 0.3 is 0 Å². The van der Waals surface area contributed by atoms with Gasteiger partial charge in [-0.25, -0.2) is 0 Å². The lowest BCUT2D eigenvalue weighted by atomic mass is 10.0. The molecule has 0 aromatic heterocycles. The van der Waals surface area contributed by atoms with Crippen LogP contribution < -0.4 is 10.1 Å². The summed E-state index contributed by atoms with van der Waals surface area (Å²) >= 11 is 1.69. The van der Waals surface area contributed by atoms with Gasteiger partial charge in [-0.3, -0.25) is 4.79 Å². The summed E-state index contributed by atoms with van der Waals surface area (Å²) in [6.07, 6.45) is 3.44. The maximum Gasteiger partial charge on any atom is 0.221 e. The summed E-state index contributed by atoms with van der Waals surface area (Å²) in [7, 11) is 0. The van der Waals surface area contributed by atoms with Gasteiger partial charge in [-0.05, 0) is 12.3 Å². The molecule has 1 amide bonds. The molecule has 1 aliphatic heterocycles. The van der Waals surface area contributed by atoms with Gasteiger partial charge in [-0.1, -0.05) is 18.2 Å². The number of para-hydroxylation sites is 1. The highest BCUT2D eigenvalue weighted by molar-refractivity contribution is 7.98. The van der Waals surface area contributed by atoms with Crippen LogP contribution in [0.3, 0.4) is 0 Å². The molecule has 92 valence electrons. The van der Waals surface area contributed by atoms with E-state index in [0.717, 1.165) is 23.5 Å². The third kappa shape index (κ3) is 3.16. The third-order valence-corrected chi connectivity index (χ3v) is 3.44. The number of nitrogens with one attached hydrogen (secondary N) is 1. The minimum atomic E-state index is 0.106. The topological polar surface area (TPSA) is 38.3 Å². The summed E-state index contributed by atoms with van der Waals surface area (Å²) in [5, 5.41) is 3.08. The molecule has 17 heavy (non-hydrogen) atoms. The molecule has 1 unspecified atom stereocenters. The Balaban J connectivity index is 2.01. The van der Waals surface area contributed by atoms with Crippen LogP contribution in [0.15, 0.2) is 24.3 Å². The van der Waals surface area contributed by atoms with Crippen molar-refractivity contribution in [3.63, 3.8) is 0 Å². The Morgan fingerprint density at radius 3 is 3.18 bits per heavy atom. The molecule has 1 aromatic rings. The van der Waals surface area contributed by atoms with Crippen LogP contribution in [0.4, 0.5) is 0 Å². The number of hydrogen-bond donors (Lipinski definition) is 1. The van der Waals surface area contributed by atoms with E-state index in [4.69, 9.17) is 4.74 Å². The molecule has 1 aromatic carbocycles. The zero-order valence-electron chi connectivity index (χ0n) is 9.94. The van der Waals surface area contributed by atoms with Crippen LogP contribution in [-0.4, -0.2) is 24.5 Å². The fourth-order valence-corrected chi connectivity index (χ4v) is 2.34. The smallest absolute Gasteiger partial charge is 0.221 e. The van der Waals surface area contributed by atoms with Crippen LogP contribution in [0.1, 0.15) is 24.4 Å². The van der Waals surface area contributed by atoms with Crippen molar-refractivity contribution >= 4 is 17.7 Å². The second-order valence-electron chi connectivity index (χ2n) is 4.04. The largest absolute Gasteiger partial charge is 0.493 e. The van der Waals surface area contributed by atoms with Gasteiger partial charge in [0, 0.05) is 24.2 Å². The summed E-state index contributed by atoms with van der Waals surface area (Å²) in [6.45, 7) is 0.671. The zero-order valence-corrected chi connectivity index (χ0v) is 10.8. The Labute approximate surface area is 106 Å². The molecule has 0 fully saturated rings. The zero-order chi connectivity index (χ0) is 12.1. The number of benzene rings is 1. The van der Waals surface area contributed by atoms with Crippen molar-refractivity contribution in [1.82, 2.24) is 5.32 Å². The molecule has 2 rings (SSSR count). The van der Waals surface area contributed by atoms with Crippen molar-refractivity contribution in [2.24, 2.45) is 0 Å². The number of rotatable bonds is 4. The molecule has 4 heteroatoms. The summed E-state index contributed by atoms with van der Waals surface area (Å²) in [5.74, 6) is 1.89. The number of hydrogen-bond acceptors (Lipinski definition) is 3. The monoisotopic (exact) mass is 251 g/mol. The Morgan fingerprint density at radius 2 is 2.35 bits per heavy atom. The number of amides is 1. The normalized spacial score (nSPS) is 18.1. The SMILES string of the molecule is CSCCC(=O)NC1CCOc2ccccc21. The molecule has 1 N–H and O–H groups in total. The Morgan fingerprint density at radius 1 is 1.53 bits per heavy atom. The van der Waals surface area contributed by atoms with E-state index in [2.05, 4.69) is 5.32 Å². The third-order valence-electron chi connectivity index (χ3n) is 2.83. The van der Waals surface area contributed by atoms with Gasteiger partial charge in [0.1, 0.15) is 5.75 Å². The molecule has 1 atom stereocenters. The fraction of sp³-hybridized carbons (Fsp3) is 0.462. The predicted molar refractivity (Wildman–Crippen MR) is 70.4 cm³/mol. The standard InChI is InChI=1S/C13H17NO2S/c1-17-9-7-13(15)14-11-6-8-16-12-5-3-2-4-10(11)12/h2-5,11H,6-9H2,1H3,(H,14,15). The highest BCUT2D eigenvalue weighted by Crippen LogP contribution is 2.31. The van der Waals surface area contributed by atoms with Gasteiger partial charge in [0.15, 0.2) is 0 Å². The van der Waals surface area contributed by atoms with Crippen molar-refractivity contribution in [2.75, 3.05) is 18.6 Å². The van der Waals surface area contributed by atoms with Crippen molar-refractivity contribution in [2.45, 2.75) is 18.9 Å². The number of carbonyl (C=O) groups is 1. The summed E-state index contributed by atoms with van der Waals surface area (Å²) in [6, 6.07) is 8.02. The number of thioether (sulfide) groups is 1. The minimum Gasteiger partial charge on any atom is -0.493 e. The molecule has 0 bridgehead atoms. The number of carbonyl (C=O) groups excluding carboxylic acids is 1. The molecule has 1 aliphatic rings. The molecule has 0 saturated heterocycles. The first-order chi connectivity index (χ1) is 8.31. The number of ether oxygens (including phenoxy) is 1. The van der Waals surface area contributed by atoms with Crippen LogP contribution in [0, 0.1) is 0 Å². The van der Waals surface area contributed by atoms with E-state index in [1.807, 2.05) is 30.5 Å². The van der Waals surface area contributed by atoms with Gasteiger partial charge in [0.25, 0.3) is 0 Å². The summed E-state index contributed by atoms with van der Waals surface area (Å²) in [4.78, 5) is 11.7. The van der Waals surface area contributed by atoms with Crippen molar-refractivity contribution in [1.29, 1.82) is 0 Å². The Bertz CT molecular complexity index is 395. The number of fused-ring (bicyclic) bond motifs is 1. The van der Waals surface area contributed by atoms with Gasteiger partial charge in [0.05, 0.1) is 12.6 Å². The van der Waals surface area contributed by atoms with Crippen molar-refractivity contribution in [3.8, 4) is 5.75 Å². The quantitative estimate of drug-likeness (QED) is 0.893. The van der Waals surface area contributed by atoms with Crippen molar-refractivity contribution < 1.29 is 9.53 Å². The summed E-state index contributed by atoms with van der Waals surface area (Å²) < 4.78 is 5.56. The van der Waals surface area contributed by atoms with Crippen LogP contribution >= 0.6 is 11.8 Å². The average molecular weight is 251 g/mol. The Hall–Kier alpha value is -1.16. The van der Waals surface area contributed by atoms with Crippen LogP contribution in [0.25, 0.3) is 0 Å². The van der Waals surface area contributed by atoms with Gasteiger partial charge in [-0.2, -0.15) is 11.8 Å². The molecule has 0 radical (unpaired) electrons. The first kappa shape index (κ1) is 12.3. The van der Waals surface area contributed by atoms with Crippen LogP contribution in [-0.2, 0) is 4.79 Å². The Kier molecular flexibility index (Phi) is 4.31. The second-order valence-corrected chi connectivity index (χ2v) is 5.02. The van der Waals surface area contributed by atoms with E-state index < -0.39 is 0 Å². The minimum absolute atomic E-state index is 0.106. The average Bonchev–Trinajstić information content (AvgIpc) is 2.37. The molecular weight excluding hydrogens is 234 g/mol.